The van der Waals surface area contributed by atoms with Crippen LogP contribution in [-0.2, 0) is 18.9 Å². The van der Waals surface area contributed by atoms with Gasteiger partial charge in [-0.15, -0.1) is 0 Å². The van der Waals surface area contributed by atoms with Crippen molar-refractivity contribution >= 4 is 22.6 Å². The molecule has 0 bridgehead atoms. The summed E-state index contributed by atoms with van der Waals surface area (Å²) in [6, 6.07) is 0. The Morgan fingerprint density at radius 2 is 2.20 bits per heavy atom. The topological polar surface area (TPSA) is 40.2 Å². The Balaban J connectivity index is 1.70. The molecule has 0 saturated carbocycles. The highest BCUT2D eigenvalue weighted by Crippen LogP contribution is 2.45. The van der Waals surface area contributed by atoms with Crippen molar-refractivity contribution in [2.45, 2.75) is 44.1 Å². The number of hydrogen-bond donors (Lipinski definition) is 0. The first-order valence-electron chi connectivity index (χ1n) is 5.05. The predicted molar refractivity (Wildman–Crippen MR) is 60.5 cm³/mol. The Morgan fingerprint density at radius 1 is 1.40 bits per heavy atom. The van der Waals surface area contributed by atoms with E-state index < -0.39 is 5.79 Å². The second-order valence-electron chi connectivity index (χ2n) is 4.48. The summed E-state index contributed by atoms with van der Waals surface area (Å²) in [7, 11) is 0. The minimum atomic E-state index is -0.491. The van der Waals surface area contributed by atoms with Crippen LogP contribution in [0, 0.1) is 0 Å². The Bertz CT molecular complexity index is 315. The van der Waals surface area contributed by atoms with Crippen molar-refractivity contribution < 1.29 is 18.9 Å². The maximum Gasteiger partial charge on any atom is 0.163 e. The van der Waals surface area contributed by atoms with Crippen LogP contribution in [0.1, 0.15) is 13.8 Å². The fourth-order valence-corrected chi connectivity index (χ4v) is 2.65. The maximum absolute atomic E-state index is 5.77. The van der Waals surface area contributed by atoms with Gasteiger partial charge in [-0.2, -0.15) is 0 Å². The SMILES string of the molecule is CC1(C)OC[C@H]([C@H]2O/C(=C\I)[C@H]3O[C@@H]23)O1. The van der Waals surface area contributed by atoms with E-state index in [1.165, 1.54) is 0 Å². The first-order chi connectivity index (χ1) is 7.11. The number of ether oxygens (including phenoxy) is 4. The Morgan fingerprint density at radius 3 is 2.73 bits per heavy atom. The molecule has 0 aliphatic carbocycles. The van der Waals surface area contributed by atoms with Crippen molar-refractivity contribution in [2.24, 2.45) is 0 Å². The standard InChI is InChI=1S/C10H13IO4/c1-10(2)12-4-6(15-10)8-9-7(14-9)5(3-11)13-8/h3,6-9H,4H2,1-2H3/b5-3-/t6-,7-,8-,9-/m1/s1. The molecule has 0 aromatic carbocycles. The highest BCUT2D eigenvalue weighted by Gasteiger charge is 2.60. The van der Waals surface area contributed by atoms with E-state index in [4.69, 9.17) is 18.9 Å². The molecule has 15 heavy (non-hydrogen) atoms. The van der Waals surface area contributed by atoms with E-state index in [0.29, 0.717) is 6.61 Å². The molecule has 0 amide bonds. The van der Waals surface area contributed by atoms with E-state index >= 15 is 0 Å². The minimum Gasteiger partial charge on any atom is -0.486 e. The van der Waals surface area contributed by atoms with Crippen molar-refractivity contribution in [1.82, 2.24) is 0 Å². The van der Waals surface area contributed by atoms with Gasteiger partial charge in [0, 0.05) is 4.08 Å². The van der Waals surface area contributed by atoms with E-state index in [9.17, 15) is 0 Å². The molecule has 0 radical (unpaired) electrons. The third-order valence-corrected chi connectivity index (χ3v) is 3.52. The lowest BCUT2D eigenvalue weighted by atomic mass is 10.1. The molecular weight excluding hydrogens is 311 g/mol. The lowest BCUT2D eigenvalue weighted by Gasteiger charge is -2.21. The largest absolute Gasteiger partial charge is 0.486 e. The quantitative estimate of drug-likeness (QED) is 0.542. The minimum absolute atomic E-state index is 0.00205. The van der Waals surface area contributed by atoms with Crippen LogP contribution in [0.4, 0.5) is 0 Å². The molecule has 0 spiro atoms. The van der Waals surface area contributed by atoms with E-state index in [1.54, 1.807) is 0 Å². The number of fused-ring (bicyclic) bond motifs is 1. The molecule has 0 unspecified atom stereocenters. The van der Waals surface area contributed by atoms with Crippen LogP contribution in [0.5, 0.6) is 0 Å². The average Bonchev–Trinajstić information content (AvgIpc) is 2.76. The number of epoxide rings is 1. The van der Waals surface area contributed by atoms with Crippen LogP contribution in [0.2, 0.25) is 0 Å². The Kier molecular flexibility index (Phi) is 2.28. The van der Waals surface area contributed by atoms with E-state index in [1.807, 2.05) is 17.9 Å². The third-order valence-electron chi connectivity index (χ3n) is 2.91. The van der Waals surface area contributed by atoms with Gasteiger partial charge >= 0.3 is 0 Å². The van der Waals surface area contributed by atoms with Crippen LogP contribution in [0.15, 0.2) is 9.84 Å². The highest BCUT2D eigenvalue weighted by atomic mass is 127. The molecule has 84 valence electrons. The monoisotopic (exact) mass is 324 g/mol. The second kappa shape index (κ2) is 3.32. The van der Waals surface area contributed by atoms with Crippen molar-refractivity contribution in [3.63, 3.8) is 0 Å². The van der Waals surface area contributed by atoms with Crippen LogP contribution >= 0.6 is 22.6 Å². The van der Waals surface area contributed by atoms with Crippen molar-refractivity contribution in [1.29, 1.82) is 0 Å². The summed E-state index contributed by atoms with van der Waals surface area (Å²) in [5, 5.41) is 0. The zero-order valence-electron chi connectivity index (χ0n) is 8.60. The zero-order valence-corrected chi connectivity index (χ0v) is 10.8. The first-order valence-corrected chi connectivity index (χ1v) is 6.29. The average molecular weight is 324 g/mol. The van der Waals surface area contributed by atoms with Crippen LogP contribution < -0.4 is 0 Å². The molecule has 3 saturated heterocycles. The molecule has 0 N–H and O–H groups in total. The summed E-state index contributed by atoms with van der Waals surface area (Å²) in [5.74, 6) is 0.439. The summed E-state index contributed by atoms with van der Waals surface area (Å²) in [4.78, 5) is 0. The van der Waals surface area contributed by atoms with Gasteiger partial charge in [-0.25, -0.2) is 0 Å². The highest BCUT2D eigenvalue weighted by molar-refractivity contribution is 14.1. The van der Waals surface area contributed by atoms with Gasteiger partial charge in [0.25, 0.3) is 0 Å². The summed E-state index contributed by atoms with van der Waals surface area (Å²) >= 11 is 2.17. The van der Waals surface area contributed by atoms with E-state index in [-0.39, 0.29) is 24.4 Å². The van der Waals surface area contributed by atoms with Crippen LogP contribution in [0.25, 0.3) is 0 Å². The van der Waals surface area contributed by atoms with Gasteiger partial charge < -0.3 is 18.9 Å². The van der Waals surface area contributed by atoms with Gasteiger partial charge in [0.15, 0.2) is 11.9 Å². The summed E-state index contributed by atoms with van der Waals surface area (Å²) in [6.07, 6.45) is 0.328. The smallest absolute Gasteiger partial charge is 0.163 e. The number of hydrogen-bond acceptors (Lipinski definition) is 4. The summed E-state index contributed by atoms with van der Waals surface area (Å²) in [6.45, 7) is 4.42. The molecule has 0 aromatic rings. The van der Waals surface area contributed by atoms with Crippen molar-refractivity contribution in [3.05, 3.63) is 9.84 Å². The van der Waals surface area contributed by atoms with Gasteiger partial charge in [-0.3, -0.25) is 0 Å². The lowest BCUT2D eigenvalue weighted by molar-refractivity contribution is -0.153. The summed E-state index contributed by atoms with van der Waals surface area (Å²) < 4.78 is 24.5. The maximum atomic E-state index is 5.77. The molecule has 4 atom stereocenters. The van der Waals surface area contributed by atoms with E-state index in [0.717, 1.165) is 5.76 Å². The lowest BCUT2D eigenvalue weighted by Crippen LogP contribution is -2.34. The molecule has 4 nitrogen and oxygen atoms in total. The van der Waals surface area contributed by atoms with Gasteiger partial charge in [-0.1, -0.05) is 0 Å². The molecule has 3 rings (SSSR count). The molecule has 3 heterocycles. The number of halogens is 1. The van der Waals surface area contributed by atoms with Gasteiger partial charge in [-0.05, 0) is 36.4 Å². The molecule has 3 aliphatic rings. The fourth-order valence-electron chi connectivity index (χ4n) is 2.15. The molecule has 0 aromatic heterocycles. The first kappa shape index (κ1) is 10.3. The molecular formula is C10H13IO4. The van der Waals surface area contributed by atoms with Crippen LogP contribution in [-0.4, -0.2) is 36.8 Å². The van der Waals surface area contributed by atoms with Gasteiger partial charge in [0.05, 0.1) is 6.61 Å². The third kappa shape index (κ3) is 1.69. The normalized spacial score (nSPS) is 49.1. The zero-order chi connectivity index (χ0) is 10.6. The Hall–Kier alpha value is 0.150. The van der Waals surface area contributed by atoms with Gasteiger partial charge in [0.2, 0.25) is 0 Å². The van der Waals surface area contributed by atoms with Crippen molar-refractivity contribution in [3.8, 4) is 0 Å². The van der Waals surface area contributed by atoms with Gasteiger partial charge in [0.1, 0.15) is 24.1 Å². The van der Waals surface area contributed by atoms with Crippen molar-refractivity contribution in [2.75, 3.05) is 6.61 Å². The molecule has 3 aliphatic heterocycles. The second-order valence-corrected chi connectivity index (χ2v) is 5.11. The summed E-state index contributed by atoms with van der Waals surface area (Å²) in [5.41, 5.74) is 0. The van der Waals surface area contributed by atoms with E-state index in [2.05, 4.69) is 22.6 Å². The fraction of sp³-hybridized carbons (Fsp3) is 0.800. The predicted octanol–water partition coefficient (Wildman–Crippen LogP) is 1.58. The Labute approximate surface area is 102 Å². The number of rotatable bonds is 1. The van der Waals surface area contributed by atoms with Crippen LogP contribution in [0.3, 0.4) is 0 Å². The molecule has 3 fully saturated rings. The molecule has 5 heteroatoms.